The van der Waals surface area contributed by atoms with Crippen LogP contribution in [0, 0.1) is 11.7 Å². The lowest BCUT2D eigenvalue weighted by Crippen LogP contribution is -2.08. The maximum absolute atomic E-state index is 5.90. The fourth-order valence-electron chi connectivity index (χ4n) is 3.51. The molecule has 25 heavy (non-hydrogen) atoms. The Balaban J connectivity index is 2.08. The second-order valence-corrected chi connectivity index (χ2v) is 6.71. The molecule has 1 atom stereocenters. The smallest absolute Gasteiger partial charge is 0.185 e. The van der Waals surface area contributed by atoms with Gasteiger partial charge in [-0.05, 0) is 43.8 Å². The molecule has 0 radical (unpaired) electrons. The first-order valence-electron chi connectivity index (χ1n) is 8.51. The Labute approximate surface area is 153 Å². The molecule has 0 amide bonds. The van der Waals surface area contributed by atoms with Gasteiger partial charge in [-0.1, -0.05) is 66.7 Å². The predicted octanol–water partition coefficient (Wildman–Crippen LogP) is 6.06. The summed E-state index contributed by atoms with van der Waals surface area (Å²) in [7, 11) is 0. The zero-order chi connectivity index (χ0) is 17.4. The van der Waals surface area contributed by atoms with E-state index in [2.05, 4.69) is 89.5 Å². The molecule has 124 valence electrons. The standard InChI is InChI=1S/C22H20N2S/c1-16-10-9-15-20-21(19-13-7-4-8-14-19)24(22(25)23(16)20)17(2)18-11-5-3-6-12-18/h3-15,17H,1-2H3/t17-/m0/s1. The zero-order valence-electron chi connectivity index (χ0n) is 14.4. The number of fused-ring (bicyclic) bond motifs is 1. The average molecular weight is 344 g/mol. The third-order valence-corrected chi connectivity index (χ3v) is 5.16. The normalized spacial score (nSPS) is 12.4. The van der Waals surface area contributed by atoms with E-state index in [1.165, 1.54) is 16.8 Å². The van der Waals surface area contributed by atoms with Crippen LogP contribution in [0.3, 0.4) is 0 Å². The molecule has 0 aliphatic carbocycles. The highest BCUT2D eigenvalue weighted by Gasteiger charge is 2.19. The number of aryl methyl sites for hydroxylation is 1. The Bertz CT molecular complexity index is 1080. The van der Waals surface area contributed by atoms with Gasteiger partial charge in [0.05, 0.1) is 17.3 Å². The molecular formula is C22H20N2S. The lowest BCUT2D eigenvalue weighted by atomic mass is 10.1. The molecule has 2 heterocycles. The Morgan fingerprint density at radius 1 is 0.800 bits per heavy atom. The molecule has 0 aliphatic rings. The topological polar surface area (TPSA) is 9.34 Å². The van der Waals surface area contributed by atoms with Gasteiger partial charge in [-0.25, -0.2) is 0 Å². The number of aromatic nitrogens is 2. The van der Waals surface area contributed by atoms with Gasteiger partial charge in [0.15, 0.2) is 4.77 Å². The van der Waals surface area contributed by atoms with Crippen LogP contribution < -0.4 is 0 Å². The van der Waals surface area contributed by atoms with Gasteiger partial charge >= 0.3 is 0 Å². The highest BCUT2D eigenvalue weighted by Crippen LogP contribution is 2.32. The second-order valence-electron chi connectivity index (χ2n) is 6.34. The van der Waals surface area contributed by atoms with E-state index < -0.39 is 0 Å². The molecule has 2 aromatic heterocycles. The van der Waals surface area contributed by atoms with Crippen molar-refractivity contribution >= 4 is 17.7 Å². The van der Waals surface area contributed by atoms with Crippen molar-refractivity contribution in [3.05, 3.63) is 94.9 Å². The van der Waals surface area contributed by atoms with E-state index in [0.29, 0.717) is 0 Å². The minimum atomic E-state index is 0.156. The summed E-state index contributed by atoms with van der Waals surface area (Å²) in [5, 5.41) is 0. The molecule has 2 aromatic carbocycles. The molecule has 0 N–H and O–H groups in total. The quantitative estimate of drug-likeness (QED) is 0.411. The molecule has 0 saturated heterocycles. The summed E-state index contributed by atoms with van der Waals surface area (Å²) in [6, 6.07) is 27.6. The minimum absolute atomic E-state index is 0.156. The number of imidazole rings is 1. The number of hydrogen-bond acceptors (Lipinski definition) is 1. The fourth-order valence-corrected chi connectivity index (χ4v) is 4.00. The Kier molecular flexibility index (Phi) is 4.02. The fraction of sp³-hybridized carbons (Fsp3) is 0.136. The second kappa shape index (κ2) is 6.34. The van der Waals surface area contributed by atoms with E-state index in [-0.39, 0.29) is 6.04 Å². The van der Waals surface area contributed by atoms with Crippen molar-refractivity contribution < 1.29 is 0 Å². The molecule has 0 spiro atoms. The van der Waals surface area contributed by atoms with Crippen molar-refractivity contribution in [3.8, 4) is 11.3 Å². The van der Waals surface area contributed by atoms with Gasteiger partial charge < -0.3 is 4.57 Å². The summed E-state index contributed by atoms with van der Waals surface area (Å²) in [5.74, 6) is 0. The first-order valence-corrected chi connectivity index (χ1v) is 8.92. The SMILES string of the molecule is Cc1cccc2c(-c3ccccc3)n([C@@H](C)c3ccccc3)c(=S)n12. The molecule has 2 nitrogen and oxygen atoms in total. The van der Waals surface area contributed by atoms with Crippen LogP contribution in [0.25, 0.3) is 16.8 Å². The van der Waals surface area contributed by atoms with Gasteiger partial charge in [0.25, 0.3) is 0 Å². The Morgan fingerprint density at radius 2 is 1.44 bits per heavy atom. The van der Waals surface area contributed by atoms with Crippen molar-refractivity contribution in [1.82, 2.24) is 8.97 Å². The minimum Gasteiger partial charge on any atom is -0.308 e. The third kappa shape index (κ3) is 2.61. The Hall–Kier alpha value is -2.65. The number of hydrogen-bond donors (Lipinski definition) is 0. The number of benzene rings is 2. The average Bonchev–Trinajstić information content (AvgIpc) is 2.96. The highest BCUT2D eigenvalue weighted by molar-refractivity contribution is 7.71. The van der Waals surface area contributed by atoms with Crippen LogP contribution in [-0.2, 0) is 0 Å². The van der Waals surface area contributed by atoms with E-state index in [9.17, 15) is 0 Å². The summed E-state index contributed by atoms with van der Waals surface area (Å²) >= 11 is 5.90. The monoisotopic (exact) mass is 344 g/mol. The van der Waals surface area contributed by atoms with Gasteiger partial charge in [-0.3, -0.25) is 4.40 Å². The summed E-state index contributed by atoms with van der Waals surface area (Å²) < 4.78 is 5.29. The molecule has 0 unspecified atom stereocenters. The van der Waals surface area contributed by atoms with Crippen molar-refractivity contribution in [3.63, 3.8) is 0 Å². The lowest BCUT2D eigenvalue weighted by Gasteiger charge is -2.17. The van der Waals surface area contributed by atoms with Gasteiger partial charge in [0.1, 0.15) is 0 Å². The Morgan fingerprint density at radius 3 is 2.12 bits per heavy atom. The molecule has 0 saturated carbocycles. The van der Waals surface area contributed by atoms with Gasteiger partial charge in [-0.2, -0.15) is 0 Å². The molecule has 0 aliphatic heterocycles. The van der Waals surface area contributed by atoms with Crippen LogP contribution in [0.5, 0.6) is 0 Å². The first-order chi connectivity index (χ1) is 12.2. The number of rotatable bonds is 3. The van der Waals surface area contributed by atoms with Gasteiger partial charge in [-0.15, -0.1) is 0 Å². The molecule has 3 heteroatoms. The number of nitrogens with zero attached hydrogens (tertiary/aromatic N) is 2. The van der Waals surface area contributed by atoms with E-state index in [1.54, 1.807) is 0 Å². The van der Waals surface area contributed by atoms with E-state index in [1.807, 2.05) is 12.1 Å². The molecular weight excluding hydrogens is 324 g/mol. The highest BCUT2D eigenvalue weighted by atomic mass is 32.1. The number of pyridine rings is 1. The van der Waals surface area contributed by atoms with Crippen molar-refractivity contribution in [1.29, 1.82) is 0 Å². The summed E-state index contributed by atoms with van der Waals surface area (Å²) in [6.07, 6.45) is 0. The largest absolute Gasteiger partial charge is 0.308 e. The molecule has 0 fully saturated rings. The van der Waals surface area contributed by atoms with Crippen molar-refractivity contribution in [2.75, 3.05) is 0 Å². The predicted molar refractivity (Wildman–Crippen MR) is 107 cm³/mol. The summed E-state index contributed by atoms with van der Waals surface area (Å²) in [6.45, 7) is 4.32. The van der Waals surface area contributed by atoms with Crippen LogP contribution in [-0.4, -0.2) is 8.97 Å². The maximum Gasteiger partial charge on any atom is 0.185 e. The van der Waals surface area contributed by atoms with Crippen LogP contribution in [0.4, 0.5) is 0 Å². The summed E-state index contributed by atoms with van der Waals surface area (Å²) in [4.78, 5) is 0. The maximum atomic E-state index is 5.90. The van der Waals surface area contributed by atoms with Gasteiger partial charge in [0, 0.05) is 11.3 Å². The van der Waals surface area contributed by atoms with Crippen LogP contribution >= 0.6 is 12.2 Å². The van der Waals surface area contributed by atoms with Crippen LogP contribution in [0.1, 0.15) is 24.2 Å². The van der Waals surface area contributed by atoms with Gasteiger partial charge in [0.2, 0.25) is 0 Å². The van der Waals surface area contributed by atoms with Crippen LogP contribution in [0.2, 0.25) is 0 Å². The molecule has 4 aromatic rings. The van der Waals surface area contributed by atoms with Crippen molar-refractivity contribution in [2.24, 2.45) is 0 Å². The molecule has 0 bridgehead atoms. The summed E-state index contributed by atoms with van der Waals surface area (Å²) in [5.41, 5.74) is 5.91. The van der Waals surface area contributed by atoms with Crippen molar-refractivity contribution in [2.45, 2.75) is 19.9 Å². The zero-order valence-corrected chi connectivity index (χ0v) is 15.2. The third-order valence-electron chi connectivity index (χ3n) is 4.78. The van der Waals surface area contributed by atoms with E-state index >= 15 is 0 Å². The van der Waals surface area contributed by atoms with E-state index in [0.717, 1.165) is 16.0 Å². The van der Waals surface area contributed by atoms with Crippen LogP contribution in [0.15, 0.2) is 78.9 Å². The molecule has 4 rings (SSSR count). The first kappa shape index (κ1) is 15.9. The lowest BCUT2D eigenvalue weighted by molar-refractivity contribution is 0.631. The van der Waals surface area contributed by atoms with E-state index in [4.69, 9.17) is 12.2 Å².